The molecule has 7 nitrogen and oxygen atoms in total. The van der Waals surface area contributed by atoms with Crippen LogP contribution in [-0.4, -0.2) is 48.5 Å². The average Bonchev–Trinajstić information content (AvgIpc) is 2.51. The number of carbonyl (C=O) groups excluding carboxylic acids is 3. The largest absolute Gasteiger partial charge is 0.468 e. The Bertz CT molecular complexity index is 667. The summed E-state index contributed by atoms with van der Waals surface area (Å²) in [5, 5.41) is 4.97. The summed E-state index contributed by atoms with van der Waals surface area (Å²) in [6, 6.07) is 6.42. The van der Waals surface area contributed by atoms with Gasteiger partial charge in [0, 0.05) is 12.1 Å². The highest BCUT2D eigenvalue weighted by molar-refractivity contribution is 5.95. The van der Waals surface area contributed by atoms with Crippen molar-refractivity contribution in [2.45, 2.75) is 38.8 Å². The van der Waals surface area contributed by atoms with Gasteiger partial charge in [-0.25, -0.2) is 9.59 Å². The SMILES string of the molecule is COC(=O)[C@@H]1c2ccccc2CCN1CC(=O)NC(=O)NC(C)(C)C. The fourth-order valence-corrected chi connectivity index (χ4v) is 2.90. The maximum absolute atomic E-state index is 12.3. The van der Waals surface area contributed by atoms with Crippen molar-refractivity contribution < 1.29 is 19.1 Å². The molecule has 136 valence electrons. The van der Waals surface area contributed by atoms with Crippen LogP contribution in [0.1, 0.15) is 37.9 Å². The first-order valence-corrected chi connectivity index (χ1v) is 8.23. The summed E-state index contributed by atoms with van der Waals surface area (Å²) in [6.07, 6.45) is 0.727. The van der Waals surface area contributed by atoms with Crippen LogP contribution < -0.4 is 10.6 Å². The quantitative estimate of drug-likeness (QED) is 0.807. The van der Waals surface area contributed by atoms with Gasteiger partial charge in [0.1, 0.15) is 6.04 Å². The van der Waals surface area contributed by atoms with Crippen molar-refractivity contribution in [3.8, 4) is 0 Å². The minimum Gasteiger partial charge on any atom is -0.468 e. The molecule has 1 aromatic rings. The van der Waals surface area contributed by atoms with Crippen molar-refractivity contribution in [2.75, 3.05) is 20.2 Å². The van der Waals surface area contributed by atoms with Crippen LogP contribution in [0.3, 0.4) is 0 Å². The van der Waals surface area contributed by atoms with Gasteiger partial charge in [-0.2, -0.15) is 0 Å². The smallest absolute Gasteiger partial charge is 0.327 e. The molecule has 0 saturated carbocycles. The number of esters is 1. The van der Waals surface area contributed by atoms with Crippen molar-refractivity contribution in [1.29, 1.82) is 0 Å². The number of imide groups is 1. The lowest BCUT2D eigenvalue weighted by atomic mass is 9.92. The molecular formula is C18H25N3O4. The molecular weight excluding hydrogens is 322 g/mol. The van der Waals surface area contributed by atoms with Crippen molar-refractivity contribution in [3.05, 3.63) is 35.4 Å². The van der Waals surface area contributed by atoms with Crippen LogP contribution in [0.2, 0.25) is 0 Å². The molecule has 0 spiro atoms. The molecule has 0 unspecified atom stereocenters. The van der Waals surface area contributed by atoms with Crippen LogP contribution in [0.5, 0.6) is 0 Å². The normalized spacial score (nSPS) is 17.4. The van der Waals surface area contributed by atoms with E-state index >= 15 is 0 Å². The second kappa shape index (κ2) is 7.65. The number of rotatable bonds is 3. The van der Waals surface area contributed by atoms with Gasteiger partial charge in [0.2, 0.25) is 5.91 Å². The first kappa shape index (κ1) is 18.9. The van der Waals surface area contributed by atoms with Gasteiger partial charge in [0.05, 0.1) is 13.7 Å². The molecule has 0 bridgehead atoms. The number of amides is 3. The minimum absolute atomic E-state index is 0.0638. The third-order valence-corrected chi connectivity index (χ3v) is 3.90. The number of nitrogens with one attached hydrogen (secondary N) is 2. The van der Waals surface area contributed by atoms with Crippen molar-refractivity contribution in [2.24, 2.45) is 0 Å². The Morgan fingerprint density at radius 2 is 1.92 bits per heavy atom. The molecule has 0 radical (unpaired) electrons. The van der Waals surface area contributed by atoms with Gasteiger partial charge < -0.3 is 10.1 Å². The van der Waals surface area contributed by atoms with Crippen LogP contribution in [-0.2, 0) is 20.7 Å². The van der Waals surface area contributed by atoms with E-state index in [2.05, 4.69) is 10.6 Å². The number of urea groups is 1. The second-order valence-electron chi connectivity index (χ2n) is 7.10. The number of hydrogen-bond donors (Lipinski definition) is 2. The lowest BCUT2D eigenvalue weighted by Gasteiger charge is -2.34. The highest BCUT2D eigenvalue weighted by atomic mass is 16.5. The average molecular weight is 347 g/mol. The highest BCUT2D eigenvalue weighted by Gasteiger charge is 2.34. The highest BCUT2D eigenvalue weighted by Crippen LogP contribution is 2.30. The zero-order chi connectivity index (χ0) is 18.6. The van der Waals surface area contributed by atoms with E-state index in [1.54, 1.807) is 4.90 Å². The van der Waals surface area contributed by atoms with E-state index in [0.717, 1.165) is 17.5 Å². The van der Waals surface area contributed by atoms with E-state index in [-0.39, 0.29) is 6.54 Å². The van der Waals surface area contributed by atoms with Gasteiger partial charge in [-0.3, -0.25) is 15.0 Å². The monoisotopic (exact) mass is 347 g/mol. The van der Waals surface area contributed by atoms with E-state index in [9.17, 15) is 14.4 Å². The van der Waals surface area contributed by atoms with Gasteiger partial charge >= 0.3 is 12.0 Å². The standard InChI is InChI=1S/C18H25N3O4/c1-18(2,3)20-17(24)19-14(22)11-21-10-9-12-7-5-6-8-13(12)15(21)16(23)25-4/h5-8,15H,9-11H2,1-4H3,(H2,19,20,22,24)/t15-/m0/s1. The molecule has 0 fully saturated rings. The zero-order valence-electron chi connectivity index (χ0n) is 15.1. The summed E-state index contributed by atoms with van der Waals surface area (Å²) in [4.78, 5) is 38.0. The van der Waals surface area contributed by atoms with Gasteiger partial charge in [0.25, 0.3) is 0 Å². The van der Waals surface area contributed by atoms with Gasteiger partial charge in [-0.1, -0.05) is 24.3 Å². The maximum atomic E-state index is 12.3. The van der Waals surface area contributed by atoms with Crippen molar-refractivity contribution in [1.82, 2.24) is 15.5 Å². The summed E-state index contributed by atoms with van der Waals surface area (Å²) in [5.41, 5.74) is 1.47. The molecule has 1 aromatic carbocycles. The maximum Gasteiger partial charge on any atom is 0.327 e. The van der Waals surface area contributed by atoms with Crippen LogP contribution in [0.15, 0.2) is 24.3 Å². The Morgan fingerprint density at radius 1 is 1.24 bits per heavy atom. The molecule has 1 atom stereocenters. The molecule has 2 rings (SSSR count). The third-order valence-electron chi connectivity index (χ3n) is 3.90. The minimum atomic E-state index is -0.647. The molecule has 25 heavy (non-hydrogen) atoms. The van der Waals surface area contributed by atoms with Gasteiger partial charge in [-0.15, -0.1) is 0 Å². The van der Waals surface area contributed by atoms with Crippen LogP contribution in [0, 0.1) is 0 Å². The lowest BCUT2D eigenvalue weighted by Crippen LogP contribution is -2.51. The van der Waals surface area contributed by atoms with Crippen LogP contribution >= 0.6 is 0 Å². The summed E-state index contributed by atoms with van der Waals surface area (Å²) in [6.45, 7) is 5.94. The Kier molecular flexibility index (Phi) is 5.79. The number of carbonyl (C=O) groups is 3. The molecule has 0 aromatic heterocycles. The predicted octanol–water partition coefficient (Wildman–Crippen LogP) is 1.38. The van der Waals surface area contributed by atoms with E-state index in [0.29, 0.717) is 6.54 Å². The summed E-state index contributed by atoms with van der Waals surface area (Å²) < 4.78 is 4.91. The van der Waals surface area contributed by atoms with Crippen LogP contribution in [0.25, 0.3) is 0 Å². The van der Waals surface area contributed by atoms with Crippen molar-refractivity contribution in [3.63, 3.8) is 0 Å². The summed E-state index contributed by atoms with van der Waals surface area (Å²) in [7, 11) is 1.33. The first-order chi connectivity index (χ1) is 11.7. The Labute approximate surface area is 147 Å². The Morgan fingerprint density at radius 3 is 2.56 bits per heavy atom. The number of nitrogens with zero attached hydrogens (tertiary/aromatic N) is 1. The lowest BCUT2D eigenvalue weighted by molar-refractivity contribution is -0.148. The Balaban J connectivity index is 2.09. The van der Waals surface area contributed by atoms with E-state index in [1.165, 1.54) is 7.11 Å². The van der Waals surface area contributed by atoms with E-state index in [1.807, 2.05) is 45.0 Å². The van der Waals surface area contributed by atoms with Crippen molar-refractivity contribution >= 4 is 17.9 Å². The predicted molar refractivity (Wildman–Crippen MR) is 92.9 cm³/mol. The number of hydrogen-bond acceptors (Lipinski definition) is 5. The molecule has 1 aliphatic rings. The molecule has 0 aliphatic carbocycles. The fourth-order valence-electron chi connectivity index (χ4n) is 2.90. The fraction of sp³-hybridized carbons (Fsp3) is 0.500. The molecule has 3 amide bonds. The van der Waals surface area contributed by atoms with Crippen LogP contribution in [0.4, 0.5) is 4.79 Å². The second-order valence-corrected chi connectivity index (χ2v) is 7.10. The van der Waals surface area contributed by atoms with Gasteiger partial charge in [-0.05, 0) is 38.3 Å². The number of benzene rings is 1. The number of fused-ring (bicyclic) bond motifs is 1. The number of methoxy groups -OCH3 is 1. The molecule has 0 saturated heterocycles. The molecule has 2 N–H and O–H groups in total. The zero-order valence-corrected chi connectivity index (χ0v) is 15.1. The molecule has 1 heterocycles. The number of ether oxygens (including phenoxy) is 1. The summed E-state index contributed by atoms with van der Waals surface area (Å²) in [5.74, 6) is -0.880. The summed E-state index contributed by atoms with van der Waals surface area (Å²) >= 11 is 0. The third kappa shape index (κ3) is 5.03. The molecule has 7 heteroatoms. The topological polar surface area (TPSA) is 87.7 Å². The van der Waals surface area contributed by atoms with E-state index in [4.69, 9.17) is 4.74 Å². The first-order valence-electron chi connectivity index (χ1n) is 8.23. The van der Waals surface area contributed by atoms with E-state index < -0.39 is 29.5 Å². The molecule has 1 aliphatic heterocycles. The van der Waals surface area contributed by atoms with Gasteiger partial charge in [0.15, 0.2) is 0 Å². The Hall–Kier alpha value is -2.41.